The molecule has 0 radical (unpaired) electrons. The average molecular weight is 386 g/mol. The van der Waals surface area contributed by atoms with Gasteiger partial charge in [0.25, 0.3) is 5.91 Å². The van der Waals surface area contributed by atoms with Crippen LogP contribution in [0.4, 0.5) is 11.4 Å². The van der Waals surface area contributed by atoms with Crippen molar-refractivity contribution in [2.75, 3.05) is 23.4 Å². The number of carbonyl (C=O) groups is 3. The molecule has 0 spiro atoms. The van der Waals surface area contributed by atoms with Gasteiger partial charge in [0.05, 0.1) is 11.4 Å². The number of amides is 2. The van der Waals surface area contributed by atoms with Crippen molar-refractivity contribution < 1.29 is 19.1 Å². The minimum atomic E-state index is -0.500. The van der Waals surface area contributed by atoms with Crippen LogP contribution in [0.5, 0.6) is 0 Å². The van der Waals surface area contributed by atoms with E-state index in [0.717, 1.165) is 24.8 Å². The van der Waals surface area contributed by atoms with E-state index >= 15 is 0 Å². The molecule has 2 aromatic rings. The molecule has 0 fully saturated rings. The van der Waals surface area contributed by atoms with E-state index in [0.29, 0.717) is 16.3 Å². The number of nitrogens with one attached hydrogen (secondary N) is 1. The van der Waals surface area contributed by atoms with Crippen molar-refractivity contribution >= 4 is 40.5 Å². The summed E-state index contributed by atoms with van der Waals surface area (Å²) < 4.78 is 5.23. The molecule has 1 aliphatic rings. The number of aryl methyl sites for hydroxylation is 2. The zero-order chi connectivity index (χ0) is 19.4. The first-order valence-electron chi connectivity index (χ1n) is 9.01. The van der Waals surface area contributed by atoms with Gasteiger partial charge in [0.1, 0.15) is 11.4 Å². The molecular formula is C20H22N2O4S. The van der Waals surface area contributed by atoms with Crippen molar-refractivity contribution in [3.05, 3.63) is 45.6 Å². The summed E-state index contributed by atoms with van der Waals surface area (Å²) in [5.41, 5.74) is 2.33. The highest BCUT2D eigenvalue weighted by Gasteiger charge is 2.27. The highest BCUT2D eigenvalue weighted by atomic mass is 32.1. The first kappa shape index (κ1) is 19.1. The molecule has 1 aromatic heterocycles. The molecule has 7 heteroatoms. The van der Waals surface area contributed by atoms with E-state index in [1.165, 1.54) is 21.1 Å². The number of benzene rings is 1. The molecule has 2 amide bonds. The predicted octanol–water partition coefficient (Wildman–Crippen LogP) is 3.41. The second kappa shape index (κ2) is 8.35. The van der Waals surface area contributed by atoms with Crippen molar-refractivity contribution in [3.63, 3.8) is 0 Å². The van der Waals surface area contributed by atoms with Crippen LogP contribution in [-0.4, -0.2) is 30.9 Å². The zero-order valence-electron chi connectivity index (χ0n) is 15.4. The molecule has 27 heavy (non-hydrogen) atoms. The predicted molar refractivity (Wildman–Crippen MR) is 105 cm³/mol. The Balaban J connectivity index is 1.67. The SMILES string of the molecule is CCCc1sc(C(=O)OCC(=O)N2CC(=O)Nc3ccccc32)cc1CC. The third kappa shape index (κ3) is 4.19. The Morgan fingerprint density at radius 2 is 2.04 bits per heavy atom. The molecule has 0 unspecified atom stereocenters. The molecule has 142 valence electrons. The van der Waals surface area contributed by atoms with Gasteiger partial charge < -0.3 is 10.1 Å². The maximum Gasteiger partial charge on any atom is 0.348 e. The number of ether oxygens (including phenoxy) is 1. The van der Waals surface area contributed by atoms with E-state index in [2.05, 4.69) is 19.2 Å². The first-order chi connectivity index (χ1) is 13.0. The molecule has 0 saturated carbocycles. The normalized spacial score (nSPS) is 13.1. The van der Waals surface area contributed by atoms with Crippen molar-refractivity contribution in [3.8, 4) is 0 Å². The molecular weight excluding hydrogens is 364 g/mol. The van der Waals surface area contributed by atoms with Gasteiger partial charge in [-0.2, -0.15) is 0 Å². The fourth-order valence-corrected chi connectivity index (χ4v) is 4.29. The third-order valence-electron chi connectivity index (χ3n) is 4.35. The Morgan fingerprint density at radius 3 is 2.78 bits per heavy atom. The topological polar surface area (TPSA) is 75.7 Å². The smallest absolute Gasteiger partial charge is 0.348 e. The number of rotatable bonds is 6. The van der Waals surface area contributed by atoms with E-state index < -0.39 is 18.5 Å². The Labute approximate surface area is 162 Å². The van der Waals surface area contributed by atoms with Gasteiger partial charge in [0.15, 0.2) is 6.61 Å². The van der Waals surface area contributed by atoms with Crippen LogP contribution in [0.15, 0.2) is 30.3 Å². The number of hydrogen-bond acceptors (Lipinski definition) is 5. The van der Waals surface area contributed by atoms with E-state index in [1.807, 2.05) is 6.07 Å². The van der Waals surface area contributed by atoms with E-state index in [9.17, 15) is 14.4 Å². The Morgan fingerprint density at radius 1 is 1.26 bits per heavy atom. The zero-order valence-corrected chi connectivity index (χ0v) is 16.2. The molecule has 6 nitrogen and oxygen atoms in total. The standard InChI is InChI=1S/C20H22N2O4S/c1-3-7-16-13(4-2)10-17(27-16)20(25)26-12-19(24)22-11-18(23)21-14-8-5-6-9-15(14)22/h5-6,8-10H,3-4,7,11-12H2,1-2H3,(H,21,23). The summed E-state index contributed by atoms with van der Waals surface area (Å²) in [6.45, 7) is 3.66. The van der Waals surface area contributed by atoms with E-state index in [1.54, 1.807) is 24.3 Å². The molecule has 2 heterocycles. The van der Waals surface area contributed by atoms with Gasteiger partial charge >= 0.3 is 5.97 Å². The van der Waals surface area contributed by atoms with Gasteiger partial charge in [-0.3, -0.25) is 14.5 Å². The number of hydrogen-bond donors (Lipinski definition) is 1. The van der Waals surface area contributed by atoms with Gasteiger partial charge in [-0.15, -0.1) is 11.3 Å². The van der Waals surface area contributed by atoms with Gasteiger partial charge in [0.2, 0.25) is 5.91 Å². The number of nitrogens with zero attached hydrogens (tertiary/aromatic N) is 1. The summed E-state index contributed by atoms with van der Waals surface area (Å²) in [7, 11) is 0. The van der Waals surface area contributed by atoms with Crippen LogP contribution < -0.4 is 10.2 Å². The monoisotopic (exact) mass is 386 g/mol. The lowest BCUT2D eigenvalue weighted by atomic mass is 10.1. The summed E-state index contributed by atoms with van der Waals surface area (Å²) in [6.07, 6.45) is 2.80. The molecule has 1 aromatic carbocycles. The van der Waals surface area contributed by atoms with Crippen LogP contribution in [0.2, 0.25) is 0 Å². The largest absolute Gasteiger partial charge is 0.451 e. The summed E-state index contributed by atoms with van der Waals surface area (Å²) in [4.78, 5) is 39.8. The lowest BCUT2D eigenvalue weighted by Gasteiger charge is -2.28. The summed E-state index contributed by atoms with van der Waals surface area (Å²) in [6, 6.07) is 8.90. The molecule has 0 aliphatic carbocycles. The molecule has 1 aliphatic heterocycles. The Hall–Kier alpha value is -2.67. The quantitative estimate of drug-likeness (QED) is 0.772. The summed E-state index contributed by atoms with van der Waals surface area (Å²) in [5.74, 6) is -1.20. The maximum atomic E-state index is 12.5. The molecule has 1 N–H and O–H groups in total. The lowest BCUT2D eigenvalue weighted by molar-refractivity contribution is -0.124. The van der Waals surface area contributed by atoms with Crippen LogP contribution in [0.3, 0.4) is 0 Å². The summed E-state index contributed by atoms with van der Waals surface area (Å²) >= 11 is 1.43. The van der Waals surface area contributed by atoms with Crippen LogP contribution in [0.25, 0.3) is 0 Å². The van der Waals surface area contributed by atoms with Crippen molar-refractivity contribution in [1.82, 2.24) is 0 Å². The van der Waals surface area contributed by atoms with Crippen LogP contribution in [-0.2, 0) is 27.2 Å². The van der Waals surface area contributed by atoms with Gasteiger partial charge in [-0.1, -0.05) is 32.4 Å². The van der Waals surface area contributed by atoms with Crippen molar-refractivity contribution in [2.24, 2.45) is 0 Å². The second-order valence-electron chi connectivity index (χ2n) is 6.28. The molecule has 0 atom stereocenters. The maximum absolute atomic E-state index is 12.5. The number of anilines is 2. The highest BCUT2D eigenvalue weighted by molar-refractivity contribution is 7.14. The number of esters is 1. The second-order valence-corrected chi connectivity index (χ2v) is 7.42. The lowest BCUT2D eigenvalue weighted by Crippen LogP contribution is -2.44. The minimum Gasteiger partial charge on any atom is -0.451 e. The Bertz CT molecular complexity index is 875. The van der Waals surface area contributed by atoms with Gasteiger partial charge in [0, 0.05) is 4.88 Å². The number of thiophene rings is 1. The van der Waals surface area contributed by atoms with Crippen molar-refractivity contribution in [2.45, 2.75) is 33.1 Å². The van der Waals surface area contributed by atoms with Crippen LogP contribution >= 0.6 is 11.3 Å². The average Bonchev–Trinajstić information content (AvgIpc) is 3.08. The van der Waals surface area contributed by atoms with Crippen LogP contribution in [0.1, 0.15) is 40.4 Å². The van der Waals surface area contributed by atoms with Crippen LogP contribution in [0, 0.1) is 0 Å². The first-order valence-corrected chi connectivity index (χ1v) is 9.83. The van der Waals surface area contributed by atoms with Gasteiger partial charge in [-0.25, -0.2) is 4.79 Å². The van der Waals surface area contributed by atoms with E-state index in [-0.39, 0.29) is 12.5 Å². The fourth-order valence-electron chi connectivity index (χ4n) is 3.04. The number of para-hydroxylation sites is 2. The molecule has 0 saturated heterocycles. The molecule has 0 bridgehead atoms. The molecule has 3 rings (SSSR count). The highest BCUT2D eigenvalue weighted by Crippen LogP contribution is 2.29. The minimum absolute atomic E-state index is 0.0902. The fraction of sp³-hybridized carbons (Fsp3) is 0.350. The number of fused-ring (bicyclic) bond motifs is 1. The summed E-state index contributed by atoms with van der Waals surface area (Å²) in [5, 5.41) is 2.72. The van der Waals surface area contributed by atoms with E-state index in [4.69, 9.17) is 4.74 Å². The van der Waals surface area contributed by atoms with Crippen molar-refractivity contribution in [1.29, 1.82) is 0 Å². The Kier molecular flexibility index (Phi) is 5.91. The van der Waals surface area contributed by atoms with Gasteiger partial charge in [-0.05, 0) is 36.6 Å². The third-order valence-corrected chi connectivity index (χ3v) is 5.57. The number of carbonyl (C=O) groups excluding carboxylic acids is 3.